The van der Waals surface area contributed by atoms with E-state index < -0.39 is 0 Å². The topological polar surface area (TPSA) is 0 Å². The fourth-order valence-corrected chi connectivity index (χ4v) is 3.21. The van der Waals surface area contributed by atoms with E-state index in [4.69, 9.17) is 0 Å². The molecule has 2 aromatic carbocycles. The molecule has 1 heteroatoms. The van der Waals surface area contributed by atoms with E-state index in [-0.39, 0.29) is 0 Å². The maximum Gasteiger partial charge on any atom is -0.00146 e. The van der Waals surface area contributed by atoms with Crippen molar-refractivity contribution in [3.63, 3.8) is 0 Å². The summed E-state index contributed by atoms with van der Waals surface area (Å²) < 4.78 is 0. The van der Waals surface area contributed by atoms with Gasteiger partial charge in [-0.05, 0) is 55.6 Å². The molecular weight excluding hydrogens is 224 g/mol. The summed E-state index contributed by atoms with van der Waals surface area (Å²) >= 11 is 1.75. The minimum absolute atomic E-state index is 1.32. The molecule has 0 N–H and O–H groups in total. The number of fused-ring (bicyclic) bond motifs is 5. The molecule has 2 aliphatic rings. The Morgan fingerprint density at radius 2 is 1.71 bits per heavy atom. The Morgan fingerprint density at radius 1 is 0.765 bits per heavy atom. The van der Waals surface area contributed by atoms with Crippen molar-refractivity contribution in [2.24, 2.45) is 0 Å². The van der Waals surface area contributed by atoms with Crippen LogP contribution in [0.15, 0.2) is 59.3 Å². The van der Waals surface area contributed by atoms with Gasteiger partial charge in [-0.25, -0.2) is 0 Å². The zero-order chi connectivity index (χ0) is 11.2. The molecule has 2 aromatic rings. The Labute approximate surface area is 103 Å². The Bertz CT molecular complexity index is 795. The van der Waals surface area contributed by atoms with Crippen LogP contribution in [0.4, 0.5) is 0 Å². The average Bonchev–Trinajstić information content (AvgIpc) is 2.78. The van der Waals surface area contributed by atoms with E-state index in [0.29, 0.717) is 0 Å². The molecule has 0 saturated carbocycles. The van der Waals surface area contributed by atoms with Crippen LogP contribution in [0.3, 0.4) is 0 Å². The molecule has 0 spiro atoms. The SMILES string of the molecule is c1ccc2c(c1)ccc1c3ccscc-3cc12. The van der Waals surface area contributed by atoms with Crippen LogP contribution in [-0.4, -0.2) is 0 Å². The minimum atomic E-state index is 1.32. The van der Waals surface area contributed by atoms with Gasteiger partial charge in [0.1, 0.15) is 0 Å². The van der Waals surface area contributed by atoms with Crippen LogP contribution >= 0.6 is 11.3 Å². The molecular formula is C16H10S. The maximum absolute atomic E-state index is 2.31. The third-order valence-corrected chi connectivity index (χ3v) is 4.06. The summed E-state index contributed by atoms with van der Waals surface area (Å²) in [4.78, 5) is 0. The molecule has 0 bridgehead atoms. The van der Waals surface area contributed by atoms with Crippen LogP contribution < -0.4 is 0 Å². The Balaban J connectivity index is 2.31. The summed E-state index contributed by atoms with van der Waals surface area (Å²) in [5, 5.41) is 9.79. The summed E-state index contributed by atoms with van der Waals surface area (Å²) in [5.74, 6) is 0. The molecule has 0 atom stereocenters. The second-order valence-electron chi connectivity index (χ2n) is 4.32. The van der Waals surface area contributed by atoms with Crippen LogP contribution in [0.5, 0.6) is 0 Å². The molecule has 1 aliphatic heterocycles. The average molecular weight is 234 g/mol. The molecule has 0 fully saturated rings. The first-order chi connectivity index (χ1) is 8.43. The van der Waals surface area contributed by atoms with E-state index in [9.17, 15) is 0 Å². The highest BCUT2D eigenvalue weighted by Gasteiger charge is 2.10. The molecule has 0 unspecified atom stereocenters. The van der Waals surface area contributed by atoms with E-state index in [2.05, 4.69) is 59.3 Å². The summed E-state index contributed by atoms with van der Waals surface area (Å²) in [7, 11) is 0. The van der Waals surface area contributed by atoms with Crippen molar-refractivity contribution in [2.75, 3.05) is 0 Å². The summed E-state index contributed by atoms with van der Waals surface area (Å²) in [6.45, 7) is 0. The summed E-state index contributed by atoms with van der Waals surface area (Å²) in [5.41, 5.74) is 2.72. The van der Waals surface area contributed by atoms with Gasteiger partial charge in [0, 0.05) is 0 Å². The Kier molecular flexibility index (Phi) is 1.79. The molecule has 0 nitrogen and oxygen atoms in total. The van der Waals surface area contributed by atoms with Gasteiger partial charge in [0.25, 0.3) is 0 Å². The lowest BCUT2D eigenvalue weighted by Gasteiger charge is -2.00. The normalized spacial score (nSPS) is 11.5. The molecule has 4 rings (SSSR count). The zero-order valence-electron chi connectivity index (χ0n) is 9.18. The molecule has 1 heterocycles. The lowest BCUT2D eigenvalue weighted by molar-refractivity contribution is 1.81. The van der Waals surface area contributed by atoms with E-state index in [1.165, 1.54) is 32.7 Å². The maximum atomic E-state index is 2.31. The van der Waals surface area contributed by atoms with Gasteiger partial charge in [-0.1, -0.05) is 36.4 Å². The van der Waals surface area contributed by atoms with Gasteiger partial charge < -0.3 is 0 Å². The Morgan fingerprint density at radius 3 is 2.71 bits per heavy atom. The van der Waals surface area contributed by atoms with Crippen LogP contribution in [0.1, 0.15) is 0 Å². The fraction of sp³-hybridized carbons (Fsp3) is 0. The number of hydrogen-bond acceptors (Lipinski definition) is 1. The third kappa shape index (κ3) is 1.23. The standard InChI is InChI=1S/C16H10S/c1-2-4-13-11(3-1)5-6-15-14-7-8-17-10-12(14)9-16(13)15/h1-10H. The highest BCUT2D eigenvalue weighted by molar-refractivity contribution is 7.08. The number of rotatable bonds is 0. The molecule has 1 aliphatic carbocycles. The molecule has 0 amide bonds. The molecule has 0 aromatic heterocycles. The van der Waals surface area contributed by atoms with Crippen LogP contribution in [0.25, 0.3) is 32.7 Å². The smallest absolute Gasteiger partial charge is 0.00146 e. The van der Waals surface area contributed by atoms with Crippen LogP contribution in [0.2, 0.25) is 0 Å². The monoisotopic (exact) mass is 234 g/mol. The second-order valence-corrected chi connectivity index (χ2v) is 5.10. The summed E-state index contributed by atoms with van der Waals surface area (Å²) in [6.07, 6.45) is 0. The van der Waals surface area contributed by atoms with Gasteiger partial charge in [-0.15, -0.1) is 0 Å². The Hall–Kier alpha value is -1.86. The van der Waals surface area contributed by atoms with Gasteiger partial charge in [-0.3, -0.25) is 0 Å². The van der Waals surface area contributed by atoms with Crippen molar-refractivity contribution in [1.82, 2.24) is 0 Å². The lowest BCUT2D eigenvalue weighted by Crippen LogP contribution is -1.73. The predicted molar refractivity (Wildman–Crippen MR) is 76.0 cm³/mol. The molecule has 0 saturated heterocycles. The second kappa shape index (κ2) is 3.31. The van der Waals surface area contributed by atoms with Gasteiger partial charge in [0.2, 0.25) is 0 Å². The molecule has 17 heavy (non-hydrogen) atoms. The van der Waals surface area contributed by atoms with Gasteiger partial charge in [0.15, 0.2) is 0 Å². The van der Waals surface area contributed by atoms with Crippen molar-refractivity contribution < 1.29 is 0 Å². The van der Waals surface area contributed by atoms with Crippen LogP contribution in [0, 0.1) is 0 Å². The minimum Gasteiger partial charge on any atom is -0.152 e. The lowest BCUT2D eigenvalue weighted by atomic mass is 10.0. The first-order valence-electron chi connectivity index (χ1n) is 5.70. The molecule has 0 radical (unpaired) electrons. The number of hydrogen-bond donors (Lipinski definition) is 0. The fourth-order valence-electron chi connectivity index (χ4n) is 2.58. The van der Waals surface area contributed by atoms with Crippen molar-refractivity contribution in [2.45, 2.75) is 0 Å². The van der Waals surface area contributed by atoms with Crippen molar-refractivity contribution in [1.29, 1.82) is 0 Å². The van der Waals surface area contributed by atoms with E-state index >= 15 is 0 Å². The number of benzene rings is 2. The van der Waals surface area contributed by atoms with E-state index in [0.717, 1.165) is 0 Å². The van der Waals surface area contributed by atoms with Gasteiger partial charge in [0.05, 0.1) is 0 Å². The van der Waals surface area contributed by atoms with E-state index in [1.54, 1.807) is 11.3 Å². The molecule has 80 valence electrons. The first-order valence-corrected chi connectivity index (χ1v) is 6.64. The van der Waals surface area contributed by atoms with Crippen LogP contribution in [-0.2, 0) is 0 Å². The quantitative estimate of drug-likeness (QED) is 0.394. The highest BCUT2D eigenvalue weighted by atomic mass is 32.1. The third-order valence-electron chi connectivity index (χ3n) is 3.38. The first kappa shape index (κ1) is 9.20. The van der Waals surface area contributed by atoms with Crippen molar-refractivity contribution in [3.8, 4) is 11.1 Å². The highest BCUT2D eigenvalue weighted by Crippen LogP contribution is 2.38. The van der Waals surface area contributed by atoms with Gasteiger partial charge in [-0.2, -0.15) is 11.3 Å². The van der Waals surface area contributed by atoms with Crippen molar-refractivity contribution >= 4 is 32.9 Å². The zero-order valence-corrected chi connectivity index (χ0v) is 10.00. The van der Waals surface area contributed by atoms with Gasteiger partial charge >= 0.3 is 0 Å². The van der Waals surface area contributed by atoms with E-state index in [1.807, 2.05) is 0 Å². The summed E-state index contributed by atoms with van der Waals surface area (Å²) in [6, 6.07) is 17.6. The predicted octanol–water partition coefficient (Wildman–Crippen LogP) is 5.16. The largest absolute Gasteiger partial charge is 0.152 e. The van der Waals surface area contributed by atoms with Crippen molar-refractivity contribution in [3.05, 3.63) is 59.3 Å².